The third-order valence-electron chi connectivity index (χ3n) is 3.78. The summed E-state index contributed by atoms with van der Waals surface area (Å²) in [7, 11) is 0. The van der Waals surface area contributed by atoms with Crippen molar-refractivity contribution in [1.29, 1.82) is 0 Å². The molecule has 2 amide bonds. The molecule has 0 N–H and O–H groups in total. The minimum atomic E-state index is -0.689. The molecule has 6 heteroatoms. The van der Waals surface area contributed by atoms with Gasteiger partial charge in [-0.25, -0.2) is 4.79 Å². The van der Waals surface area contributed by atoms with Crippen molar-refractivity contribution >= 4 is 17.8 Å². The smallest absolute Gasteiger partial charge is 0.330 e. The maximum absolute atomic E-state index is 12.4. The summed E-state index contributed by atoms with van der Waals surface area (Å²) in [6.07, 6.45) is 0.853. The Balaban J connectivity index is 2.83. The topological polar surface area (TPSA) is 66.9 Å². The fourth-order valence-electron chi connectivity index (χ4n) is 2.69. The van der Waals surface area contributed by atoms with Crippen molar-refractivity contribution in [3.8, 4) is 0 Å². The van der Waals surface area contributed by atoms with Crippen LogP contribution in [-0.4, -0.2) is 59.9 Å². The average Bonchev–Trinajstić information content (AvgIpc) is 2.45. The summed E-state index contributed by atoms with van der Waals surface area (Å²) in [5, 5.41) is 0. The van der Waals surface area contributed by atoms with Gasteiger partial charge >= 0.3 is 5.97 Å². The van der Waals surface area contributed by atoms with Gasteiger partial charge in [-0.2, -0.15) is 0 Å². The molecule has 1 saturated heterocycles. The number of ether oxygens (including phenoxy) is 1. The van der Waals surface area contributed by atoms with Gasteiger partial charge in [0.25, 0.3) is 0 Å². The number of hydrogen-bond donors (Lipinski definition) is 0. The fourth-order valence-corrected chi connectivity index (χ4v) is 2.69. The van der Waals surface area contributed by atoms with Crippen LogP contribution in [0, 0.1) is 11.8 Å². The zero-order valence-corrected chi connectivity index (χ0v) is 15.0. The van der Waals surface area contributed by atoms with E-state index in [1.165, 1.54) is 0 Å². The van der Waals surface area contributed by atoms with Crippen molar-refractivity contribution in [3.05, 3.63) is 0 Å². The quantitative estimate of drug-likeness (QED) is 0.697. The lowest BCUT2D eigenvalue weighted by atomic mass is 10.1. The Labute approximate surface area is 139 Å². The maximum atomic E-state index is 12.4. The van der Waals surface area contributed by atoms with E-state index in [9.17, 15) is 14.4 Å². The summed E-state index contributed by atoms with van der Waals surface area (Å²) in [4.78, 5) is 40.2. The van der Waals surface area contributed by atoms with Gasteiger partial charge in [-0.1, -0.05) is 27.7 Å². The first-order valence-corrected chi connectivity index (χ1v) is 8.50. The summed E-state index contributed by atoms with van der Waals surface area (Å²) in [6, 6.07) is -0.689. The Morgan fingerprint density at radius 1 is 1.00 bits per heavy atom. The standard InChI is InChI=1S/C17H30N2O4/c1-6-23-17(22)14-11-18(15(20)9-12(2)3)7-8-19(14)16(21)10-13(4)5/h12-14H,6-11H2,1-5H3/t14-/m0/s1. The number of hydrogen-bond acceptors (Lipinski definition) is 4. The average molecular weight is 326 g/mol. The molecule has 1 fully saturated rings. The lowest BCUT2D eigenvalue weighted by Gasteiger charge is -2.40. The Hall–Kier alpha value is -1.59. The molecule has 0 aromatic heterocycles. The molecular formula is C17H30N2O4. The molecule has 6 nitrogen and oxygen atoms in total. The molecule has 0 bridgehead atoms. The zero-order chi connectivity index (χ0) is 17.6. The molecule has 0 unspecified atom stereocenters. The Morgan fingerprint density at radius 3 is 2.09 bits per heavy atom. The second-order valence-electron chi connectivity index (χ2n) is 6.89. The summed E-state index contributed by atoms with van der Waals surface area (Å²) < 4.78 is 5.11. The van der Waals surface area contributed by atoms with E-state index in [1.807, 2.05) is 27.7 Å². The van der Waals surface area contributed by atoms with Crippen LogP contribution in [0.1, 0.15) is 47.5 Å². The number of esters is 1. The first kappa shape index (κ1) is 19.5. The summed E-state index contributed by atoms with van der Waals surface area (Å²) in [6.45, 7) is 11.0. The van der Waals surface area contributed by atoms with Gasteiger partial charge in [0.15, 0.2) is 0 Å². The fraction of sp³-hybridized carbons (Fsp3) is 0.824. The largest absolute Gasteiger partial charge is 0.464 e. The molecule has 0 saturated carbocycles. The number of piperazine rings is 1. The van der Waals surface area contributed by atoms with Crippen LogP contribution in [-0.2, 0) is 19.1 Å². The predicted molar refractivity (Wildman–Crippen MR) is 87.6 cm³/mol. The first-order valence-electron chi connectivity index (χ1n) is 8.50. The highest BCUT2D eigenvalue weighted by Gasteiger charge is 2.37. The van der Waals surface area contributed by atoms with Crippen molar-refractivity contribution in [1.82, 2.24) is 9.80 Å². The van der Waals surface area contributed by atoms with Crippen molar-refractivity contribution in [2.24, 2.45) is 11.8 Å². The molecule has 1 heterocycles. The van der Waals surface area contributed by atoms with E-state index in [1.54, 1.807) is 16.7 Å². The van der Waals surface area contributed by atoms with Gasteiger partial charge in [0.05, 0.1) is 13.2 Å². The second kappa shape index (κ2) is 8.89. The van der Waals surface area contributed by atoms with E-state index in [0.717, 1.165) is 0 Å². The number of amides is 2. The van der Waals surface area contributed by atoms with Crippen molar-refractivity contribution in [2.45, 2.75) is 53.5 Å². The Morgan fingerprint density at radius 2 is 1.57 bits per heavy atom. The summed E-state index contributed by atoms with van der Waals surface area (Å²) >= 11 is 0. The highest BCUT2D eigenvalue weighted by molar-refractivity contribution is 5.86. The number of rotatable bonds is 6. The van der Waals surface area contributed by atoms with E-state index in [4.69, 9.17) is 4.74 Å². The van der Waals surface area contributed by atoms with E-state index < -0.39 is 12.0 Å². The molecule has 0 aromatic rings. The number of carbonyl (C=O) groups is 3. The van der Waals surface area contributed by atoms with Gasteiger partial charge in [0.2, 0.25) is 11.8 Å². The molecule has 1 rings (SSSR count). The number of nitrogens with zero attached hydrogens (tertiary/aromatic N) is 2. The van der Waals surface area contributed by atoms with E-state index in [2.05, 4.69) is 0 Å². The molecule has 132 valence electrons. The maximum Gasteiger partial charge on any atom is 0.330 e. The second-order valence-corrected chi connectivity index (χ2v) is 6.89. The van der Waals surface area contributed by atoms with Gasteiger partial charge in [0, 0.05) is 25.9 Å². The SMILES string of the molecule is CCOC(=O)[C@@H]1CN(C(=O)CC(C)C)CCN1C(=O)CC(C)C. The number of carbonyl (C=O) groups excluding carboxylic acids is 3. The Kier molecular flexibility index (Phi) is 7.52. The van der Waals surface area contributed by atoms with Crippen LogP contribution in [0.15, 0.2) is 0 Å². The van der Waals surface area contributed by atoms with E-state index >= 15 is 0 Å². The molecular weight excluding hydrogens is 296 g/mol. The van der Waals surface area contributed by atoms with Gasteiger partial charge in [-0.05, 0) is 18.8 Å². The van der Waals surface area contributed by atoms with E-state index in [-0.39, 0.29) is 36.8 Å². The van der Waals surface area contributed by atoms with E-state index in [0.29, 0.717) is 25.9 Å². The zero-order valence-electron chi connectivity index (χ0n) is 15.0. The van der Waals surface area contributed by atoms with Crippen LogP contribution in [0.25, 0.3) is 0 Å². The first-order chi connectivity index (χ1) is 10.8. The van der Waals surface area contributed by atoms with Crippen LogP contribution in [0.5, 0.6) is 0 Å². The van der Waals surface area contributed by atoms with Crippen LogP contribution in [0.3, 0.4) is 0 Å². The molecule has 0 aromatic carbocycles. The van der Waals surface area contributed by atoms with Gasteiger partial charge in [-0.15, -0.1) is 0 Å². The summed E-state index contributed by atoms with van der Waals surface area (Å²) in [5.74, 6) is 0.0565. The van der Waals surface area contributed by atoms with Gasteiger partial charge < -0.3 is 14.5 Å². The predicted octanol–water partition coefficient (Wildman–Crippen LogP) is 1.68. The molecule has 1 aliphatic heterocycles. The highest BCUT2D eigenvalue weighted by Crippen LogP contribution is 2.17. The van der Waals surface area contributed by atoms with Crippen molar-refractivity contribution < 1.29 is 19.1 Å². The molecule has 23 heavy (non-hydrogen) atoms. The van der Waals surface area contributed by atoms with Crippen LogP contribution in [0.2, 0.25) is 0 Å². The lowest BCUT2D eigenvalue weighted by Crippen LogP contribution is -2.60. The monoisotopic (exact) mass is 326 g/mol. The Bertz CT molecular complexity index is 434. The summed E-state index contributed by atoms with van der Waals surface area (Å²) in [5.41, 5.74) is 0. The normalized spacial score (nSPS) is 18.5. The third-order valence-corrected chi connectivity index (χ3v) is 3.78. The van der Waals surface area contributed by atoms with Gasteiger partial charge in [-0.3, -0.25) is 9.59 Å². The van der Waals surface area contributed by atoms with Gasteiger partial charge in [0.1, 0.15) is 6.04 Å². The minimum absolute atomic E-state index is 0.0326. The third kappa shape index (κ3) is 5.84. The van der Waals surface area contributed by atoms with Crippen molar-refractivity contribution in [2.75, 3.05) is 26.2 Å². The molecule has 1 aliphatic rings. The molecule has 0 spiro atoms. The molecule has 0 radical (unpaired) electrons. The van der Waals surface area contributed by atoms with Crippen LogP contribution in [0.4, 0.5) is 0 Å². The highest BCUT2D eigenvalue weighted by atomic mass is 16.5. The van der Waals surface area contributed by atoms with Crippen LogP contribution >= 0.6 is 0 Å². The molecule has 0 aliphatic carbocycles. The lowest BCUT2D eigenvalue weighted by molar-refractivity contribution is -0.160. The van der Waals surface area contributed by atoms with Crippen molar-refractivity contribution in [3.63, 3.8) is 0 Å². The molecule has 1 atom stereocenters. The van der Waals surface area contributed by atoms with Crippen LogP contribution < -0.4 is 0 Å². The minimum Gasteiger partial charge on any atom is -0.464 e.